The molecule has 2 aromatic rings. The van der Waals surface area contributed by atoms with Crippen molar-refractivity contribution in [1.82, 2.24) is 0 Å². The summed E-state index contributed by atoms with van der Waals surface area (Å²) in [5.74, 6) is -1.04. The van der Waals surface area contributed by atoms with Crippen LogP contribution in [0.1, 0.15) is 41.0 Å². The summed E-state index contributed by atoms with van der Waals surface area (Å²) in [4.78, 5) is 24.8. The van der Waals surface area contributed by atoms with Gasteiger partial charge in [-0.2, -0.15) is 0 Å². The summed E-state index contributed by atoms with van der Waals surface area (Å²) in [5.41, 5.74) is 0.879. The van der Waals surface area contributed by atoms with Gasteiger partial charge in [-0.1, -0.05) is 50.2 Å². The molecule has 136 valence electrons. The number of rotatable bonds is 5. The Balaban J connectivity index is 1.74. The Labute approximate surface area is 152 Å². The second-order valence-electron chi connectivity index (χ2n) is 6.32. The average Bonchev–Trinajstić information content (AvgIpc) is 2.98. The van der Waals surface area contributed by atoms with Crippen LogP contribution in [0.2, 0.25) is 0 Å². The van der Waals surface area contributed by atoms with Gasteiger partial charge in [-0.05, 0) is 30.7 Å². The summed E-state index contributed by atoms with van der Waals surface area (Å²) in [6.07, 6.45) is -0.979. The summed E-state index contributed by atoms with van der Waals surface area (Å²) < 4.78 is 17.0. The lowest BCUT2D eigenvalue weighted by Crippen LogP contribution is -2.35. The first-order chi connectivity index (χ1) is 12.6. The number of esters is 2. The fourth-order valence-corrected chi connectivity index (χ4v) is 3.07. The zero-order valence-corrected chi connectivity index (χ0v) is 14.8. The molecule has 4 atom stereocenters. The molecule has 5 heteroatoms. The molecule has 26 heavy (non-hydrogen) atoms. The van der Waals surface area contributed by atoms with Crippen molar-refractivity contribution in [3.05, 3.63) is 71.8 Å². The summed E-state index contributed by atoms with van der Waals surface area (Å²) in [6.45, 7) is 3.92. The molecule has 0 saturated carbocycles. The Morgan fingerprint density at radius 3 is 1.88 bits per heavy atom. The van der Waals surface area contributed by atoms with Crippen LogP contribution >= 0.6 is 0 Å². The van der Waals surface area contributed by atoms with E-state index >= 15 is 0 Å². The Hall–Kier alpha value is -2.66. The molecule has 0 spiro atoms. The molecular weight excluding hydrogens is 332 g/mol. The van der Waals surface area contributed by atoms with Gasteiger partial charge >= 0.3 is 11.9 Å². The standard InChI is InChI=1S/C21H22O5/c1-3-17-14(2)18(25-19(22)15-10-6-4-7-11-15)21(24-17)26-20(23)16-12-8-5-9-13-16/h4-14,17-18,21H,3H2,1-2H3/t14-,17-,18-,21?/m0/s1. The largest absolute Gasteiger partial charge is 0.452 e. The van der Waals surface area contributed by atoms with Crippen LogP contribution in [0.4, 0.5) is 0 Å². The fourth-order valence-electron chi connectivity index (χ4n) is 3.07. The number of hydrogen-bond acceptors (Lipinski definition) is 5. The molecule has 0 radical (unpaired) electrons. The van der Waals surface area contributed by atoms with E-state index in [1.807, 2.05) is 26.0 Å². The highest BCUT2D eigenvalue weighted by molar-refractivity contribution is 5.90. The monoisotopic (exact) mass is 354 g/mol. The second-order valence-corrected chi connectivity index (χ2v) is 6.32. The maximum atomic E-state index is 12.4. The average molecular weight is 354 g/mol. The molecule has 0 aromatic heterocycles. The lowest BCUT2D eigenvalue weighted by Gasteiger charge is -2.21. The van der Waals surface area contributed by atoms with Crippen LogP contribution < -0.4 is 0 Å². The highest BCUT2D eigenvalue weighted by Crippen LogP contribution is 2.33. The predicted octanol–water partition coefficient (Wildman–Crippen LogP) is 3.84. The van der Waals surface area contributed by atoms with Crippen molar-refractivity contribution < 1.29 is 23.8 Å². The van der Waals surface area contributed by atoms with Gasteiger partial charge in [0.25, 0.3) is 0 Å². The summed E-state index contributed by atoms with van der Waals surface area (Å²) in [6, 6.07) is 17.4. The van der Waals surface area contributed by atoms with Gasteiger partial charge in [-0.3, -0.25) is 0 Å². The molecule has 1 fully saturated rings. The zero-order valence-electron chi connectivity index (χ0n) is 14.8. The van der Waals surface area contributed by atoms with Gasteiger partial charge in [-0.15, -0.1) is 0 Å². The predicted molar refractivity (Wildman–Crippen MR) is 95.6 cm³/mol. The van der Waals surface area contributed by atoms with Crippen LogP contribution in [0, 0.1) is 5.92 Å². The first-order valence-electron chi connectivity index (χ1n) is 8.77. The second kappa shape index (κ2) is 8.15. The fraction of sp³-hybridized carbons (Fsp3) is 0.333. The van der Waals surface area contributed by atoms with E-state index in [1.165, 1.54) is 0 Å². The molecule has 0 aliphatic carbocycles. The molecule has 0 amide bonds. The van der Waals surface area contributed by atoms with Gasteiger partial charge in [-0.25, -0.2) is 9.59 Å². The van der Waals surface area contributed by atoms with Crippen molar-refractivity contribution in [3.63, 3.8) is 0 Å². The van der Waals surface area contributed by atoms with Gasteiger partial charge in [0.2, 0.25) is 6.29 Å². The van der Waals surface area contributed by atoms with Crippen LogP contribution in [0.3, 0.4) is 0 Å². The maximum Gasteiger partial charge on any atom is 0.340 e. The third-order valence-electron chi connectivity index (χ3n) is 4.57. The third kappa shape index (κ3) is 3.94. The van der Waals surface area contributed by atoms with Gasteiger partial charge in [0.1, 0.15) is 0 Å². The number of carbonyl (C=O) groups is 2. The normalized spacial score (nSPS) is 24.8. The van der Waals surface area contributed by atoms with E-state index in [2.05, 4.69) is 0 Å². The number of ether oxygens (including phenoxy) is 3. The first kappa shape index (κ1) is 18.1. The molecule has 0 N–H and O–H groups in total. The minimum Gasteiger partial charge on any atom is -0.452 e. The van der Waals surface area contributed by atoms with Crippen molar-refractivity contribution in [2.75, 3.05) is 0 Å². The highest BCUT2D eigenvalue weighted by atomic mass is 16.7. The molecule has 1 aliphatic heterocycles. The van der Waals surface area contributed by atoms with Crippen molar-refractivity contribution >= 4 is 11.9 Å². The van der Waals surface area contributed by atoms with E-state index < -0.39 is 24.3 Å². The molecule has 0 bridgehead atoms. The van der Waals surface area contributed by atoms with Crippen molar-refractivity contribution in [3.8, 4) is 0 Å². The molecule has 1 heterocycles. The van der Waals surface area contributed by atoms with E-state index in [0.29, 0.717) is 11.1 Å². The number of benzene rings is 2. The van der Waals surface area contributed by atoms with E-state index in [4.69, 9.17) is 14.2 Å². The Morgan fingerprint density at radius 2 is 1.38 bits per heavy atom. The third-order valence-corrected chi connectivity index (χ3v) is 4.57. The molecule has 2 aromatic carbocycles. The van der Waals surface area contributed by atoms with Crippen molar-refractivity contribution in [2.45, 2.75) is 38.8 Å². The minimum atomic E-state index is -0.921. The van der Waals surface area contributed by atoms with Gasteiger partial charge < -0.3 is 14.2 Å². The Kier molecular flexibility index (Phi) is 5.68. The summed E-state index contributed by atoms with van der Waals surface area (Å²) in [5, 5.41) is 0. The van der Waals surface area contributed by atoms with Crippen LogP contribution in [0.25, 0.3) is 0 Å². The Morgan fingerprint density at radius 1 is 0.885 bits per heavy atom. The SMILES string of the molecule is CC[C@@H]1OC(OC(=O)c2ccccc2)[C@@H](OC(=O)c2ccccc2)[C@H]1C. The van der Waals surface area contributed by atoms with Crippen LogP contribution in [0.15, 0.2) is 60.7 Å². The van der Waals surface area contributed by atoms with Crippen molar-refractivity contribution in [2.24, 2.45) is 5.92 Å². The topological polar surface area (TPSA) is 61.8 Å². The first-order valence-corrected chi connectivity index (χ1v) is 8.77. The number of hydrogen-bond donors (Lipinski definition) is 0. The van der Waals surface area contributed by atoms with E-state index in [9.17, 15) is 9.59 Å². The van der Waals surface area contributed by atoms with Gasteiger partial charge in [0.15, 0.2) is 6.10 Å². The lowest BCUT2D eigenvalue weighted by atomic mass is 9.99. The number of carbonyl (C=O) groups excluding carboxylic acids is 2. The minimum absolute atomic E-state index is 0.0822. The zero-order chi connectivity index (χ0) is 18.5. The molecule has 5 nitrogen and oxygen atoms in total. The molecular formula is C21H22O5. The van der Waals surface area contributed by atoms with E-state index in [-0.39, 0.29) is 12.0 Å². The highest BCUT2D eigenvalue weighted by Gasteiger charge is 2.46. The molecule has 1 saturated heterocycles. The van der Waals surface area contributed by atoms with Crippen molar-refractivity contribution in [1.29, 1.82) is 0 Å². The van der Waals surface area contributed by atoms with Crippen LogP contribution in [0.5, 0.6) is 0 Å². The van der Waals surface area contributed by atoms with E-state index in [0.717, 1.165) is 6.42 Å². The summed E-state index contributed by atoms with van der Waals surface area (Å²) in [7, 11) is 0. The quantitative estimate of drug-likeness (QED) is 0.764. The lowest BCUT2D eigenvalue weighted by molar-refractivity contribution is -0.136. The van der Waals surface area contributed by atoms with E-state index in [1.54, 1.807) is 48.5 Å². The molecule has 1 aliphatic rings. The molecule has 3 rings (SSSR count). The van der Waals surface area contributed by atoms with Gasteiger partial charge in [0.05, 0.1) is 17.2 Å². The van der Waals surface area contributed by atoms with Crippen LogP contribution in [-0.4, -0.2) is 30.4 Å². The Bertz CT molecular complexity index is 744. The smallest absolute Gasteiger partial charge is 0.340 e. The van der Waals surface area contributed by atoms with Gasteiger partial charge in [0, 0.05) is 5.92 Å². The molecule has 1 unspecified atom stereocenters. The van der Waals surface area contributed by atoms with Crippen LogP contribution in [-0.2, 0) is 14.2 Å². The maximum absolute atomic E-state index is 12.4. The summed E-state index contributed by atoms with van der Waals surface area (Å²) >= 11 is 0.